The normalized spacial score (nSPS) is 18.6. The van der Waals surface area contributed by atoms with Crippen molar-refractivity contribution in [3.8, 4) is 0 Å². The Kier molecular flexibility index (Phi) is 4.39. The number of para-hydroxylation sites is 1. The van der Waals surface area contributed by atoms with Crippen molar-refractivity contribution in [1.29, 1.82) is 0 Å². The summed E-state index contributed by atoms with van der Waals surface area (Å²) in [6, 6.07) is 16.9. The molecule has 0 bridgehead atoms. The van der Waals surface area contributed by atoms with Crippen LogP contribution >= 0.6 is 0 Å². The van der Waals surface area contributed by atoms with Crippen LogP contribution in [0.3, 0.4) is 0 Å². The van der Waals surface area contributed by atoms with E-state index in [0.29, 0.717) is 0 Å². The Morgan fingerprint density at radius 3 is 2.62 bits per heavy atom. The Bertz CT molecular complexity index is 918. The van der Waals surface area contributed by atoms with E-state index in [1.54, 1.807) is 6.20 Å². The molecule has 2 aromatic carbocycles. The van der Waals surface area contributed by atoms with Crippen LogP contribution in [0.1, 0.15) is 28.5 Å². The smallest absolute Gasteiger partial charge is 0.161 e. The zero-order chi connectivity index (χ0) is 18.1. The molecule has 134 valence electrons. The predicted molar refractivity (Wildman–Crippen MR) is 104 cm³/mol. The van der Waals surface area contributed by atoms with Crippen molar-refractivity contribution < 1.29 is 4.74 Å². The zero-order valence-electron chi connectivity index (χ0n) is 15.4. The van der Waals surface area contributed by atoms with Gasteiger partial charge in [-0.15, -0.1) is 0 Å². The predicted octanol–water partition coefficient (Wildman–Crippen LogP) is 4.16. The van der Waals surface area contributed by atoms with Crippen molar-refractivity contribution in [2.75, 3.05) is 10.6 Å². The number of aryl methyl sites for hydroxylation is 3. The molecule has 1 fully saturated rings. The second-order valence-corrected chi connectivity index (χ2v) is 6.82. The van der Waals surface area contributed by atoms with Crippen molar-refractivity contribution in [1.82, 2.24) is 9.78 Å². The van der Waals surface area contributed by atoms with Gasteiger partial charge in [-0.1, -0.05) is 30.3 Å². The molecule has 1 aromatic heterocycles. The number of ether oxygens (including phenoxy) is 1. The Morgan fingerprint density at radius 1 is 1.04 bits per heavy atom. The van der Waals surface area contributed by atoms with E-state index in [1.807, 2.05) is 17.8 Å². The maximum Gasteiger partial charge on any atom is 0.161 e. The lowest BCUT2D eigenvalue weighted by atomic mass is 10.1. The van der Waals surface area contributed by atoms with Crippen molar-refractivity contribution in [3.05, 3.63) is 77.1 Å². The highest BCUT2D eigenvalue weighted by Crippen LogP contribution is 2.39. The fraction of sp³-hybridized carbons (Fsp3) is 0.286. The third-order valence-electron chi connectivity index (χ3n) is 4.86. The number of nitrogens with one attached hydrogen (secondary N) is 2. The van der Waals surface area contributed by atoms with Crippen LogP contribution < -0.4 is 10.6 Å². The van der Waals surface area contributed by atoms with Crippen LogP contribution in [0, 0.1) is 13.8 Å². The molecule has 4 rings (SSSR count). The van der Waals surface area contributed by atoms with Crippen LogP contribution in [0.2, 0.25) is 0 Å². The Hall–Kier alpha value is -2.79. The summed E-state index contributed by atoms with van der Waals surface area (Å²) in [6.45, 7) is 5.06. The molecule has 5 nitrogen and oxygen atoms in total. The first-order valence-corrected chi connectivity index (χ1v) is 8.91. The number of epoxide rings is 1. The van der Waals surface area contributed by atoms with Crippen molar-refractivity contribution in [2.45, 2.75) is 32.7 Å². The van der Waals surface area contributed by atoms with Crippen molar-refractivity contribution in [2.24, 2.45) is 7.05 Å². The van der Waals surface area contributed by atoms with Crippen LogP contribution in [-0.4, -0.2) is 16.0 Å². The number of rotatable bonds is 6. The minimum absolute atomic E-state index is 0.0139. The molecule has 1 aliphatic rings. The van der Waals surface area contributed by atoms with Crippen LogP contribution in [-0.2, 0) is 18.3 Å². The van der Waals surface area contributed by atoms with Gasteiger partial charge in [0.2, 0.25) is 0 Å². The van der Waals surface area contributed by atoms with Gasteiger partial charge in [0.05, 0.1) is 5.69 Å². The van der Waals surface area contributed by atoms with E-state index in [4.69, 9.17) is 4.74 Å². The molecule has 2 atom stereocenters. The van der Waals surface area contributed by atoms with Crippen LogP contribution in [0.5, 0.6) is 0 Å². The first-order chi connectivity index (χ1) is 12.6. The topological polar surface area (TPSA) is 54.4 Å². The van der Waals surface area contributed by atoms with E-state index >= 15 is 0 Å². The molecule has 2 N–H and O–H groups in total. The maximum absolute atomic E-state index is 5.77. The number of aromatic nitrogens is 2. The van der Waals surface area contributed by atoms with Gasteiger partial charge >= 0.3 is 0 Å². The molecule has 0 radical (unpaired) electrons. The fourth-order valence-electron chi connectivity index (χ4n) is 3.23. The lowest BCUT2D eigenvalue weighted by Crippen LogP contribution is -2.08. The third-order valence-corrected chi connectivity index (χ3v) is 4.86. The molecule has 0 aliphatic carbocycles. The van der Waals surface area contributed by atoms with Crippen LogP contribution in [0.15, 0.2) is 54.7 Å². The van der Waals surface area contributed by atoms with Gasteiger partial charge in [-0.3, -0.25) is 4.68 Å². The van der Waals surface area contributed by atoms with Gasteiger partial charge in [-0.05, 0) is 48.7 Å². The molecule has 2 unspecified atom stereocenters. The zero-order valence-corrected chi connectivity index (χ0v) is 15.4. The first kappa shape index (κ1) is 16.7. The number of nitrogens with zero attached hydrogens (tertiary/aromatic N) is 2. The largest absolute Gasteiger partial charge is 0.381 e. The Labute approximate surface area is 154 Å². The van der Waals surface area contributed by atoms with E-state index in [0.717, 1.165) is 17.9 Å². The van der Waals surface area contributed by atoms with E-state index < -0.39 is 0 Å². The molecule has 0 amide bonds. The lowest BCUT2D eigenvalue weighted by molar-refractivity contribution is 0.378. The summed E-state index contributed by atoms with van der Waals surface area (Å²) in [6.07, 6.45) is 1.89. The summed E-state index contributed by atoms with van der Waals surface area (Å²) in [4.78, 5) is 0. The SMILES string of the molecule is Cc1ccccc1NCc1ccc(NC2OC2c2ccnn2C)c(C)c1. The molecule has 0 spiro atoms. The Balaban J connectivity index is 1.38. The highest BCUT2D eigenvalue weighted by atomic mass is 16.6. The number of benzene rings is 2. The number of anilines is 2. The van der Waals surface area contributed by atoms with Gasteiger partial charge in [0, 0.05) is 31.2 Å². The molecule has 26 heavy (non-hydrogen) atoms. The number of hydrogen-bond acceptors (Lipinski definition) is 4. The molecule has 5 heteroatoms. The summed E-state index contributed by atoms with van der Waals surface area (Å²) in [5.41, 5.74) is 7.12. The minimum atomic E-state index is 0.0139. The van der Waals surface area contributed by atoms with E-state index in [1.165, 1.54) is 22.4 Å². The summed E-state index contributed by atoms with van der Waals surface area (Å²) in [5.74, 6) is 0. The highest BCUT2D eigenvalue weighted by Gasteiger charge is 2.42. The summed E-state index contributed by atoms with van der Waals surface area (Å²) >= 11 is 0. The van der Waals surface area contributed by atoms with Crippen LogP contribution in [0.4, 0.5) is 11.4 Å². The van der Waals surface area contributed by atoms with E-state index in [2.05, 4.69) is 72.0 Å². The highest BCUT2D eigenvalue weighted by molar-refractivity contribution is 5.55. The quantitative estimate of drug-likeness (QED) is 0.657. The Morgan fingerprint density at radius 2 is 1.88 bits per heavy atom. The molecule has 1 saturated heterocycles. The third kappa shape index (κ3) is 3.44. The number of hydrogen-bond donors (Lipinski definition) is 2. The first-order valence-electron chi connectivity index (χ1n) is 8.91. The molecule has 0 saturated carbocycles. The summed E-state index contributed by atoms with van der Waals surface area (Å²) in [7, 11) is 1.94. The van der Waals surface area contributed by atoms with Gasteiger partial charge in [0.25, 0.3) is 0 Å². The van der Waals surface area contributed by atoms with E-state index in [9.17, 15) is 0 Å². The maximum atomic E-state index is 5.77. The van der Waals surface area contributed by atoms with Gasteiger partial charge < -0.3 is 15.4 Å². The fourth-order valence-corrected chi connectivity index (χ4v) is 3.23. The molecule has 1 aliphatic heterocycles. The molecular weight excluding hydrogens is 324 g/mol. The molecular formula is C21H24N4O. The van der Waals surface area contributed by atoms with Crippen molar-refractivity contribution >= 4 is 11.4 Å². The van der Waals surface area contributed by atoms with Crippen LogP contribution in [0.25, 0.3) is 0 Å². The second-order valence-electron chi connectivity index (χ2n) is 6.82. The van der Waals surface area contributed by atoms with E-state index in [-0.39, 0.29) is 12.3 Å². The van der Waals surface area contributed by atoms with Crippen molar-refractivity contribution in [3.63, 3.8) is 0 Å². The van der Waals surface area contributed by atoms with Gasteiger partial charge in [-0.25, -0.2) is 0 Å². The van der Waals surface area contributed by atoms with Gasteiger partial charge in [-0.2, -0.15) is 5.10 Å². The standard InChI is InChI=1S/C21H24N4O/c1-14-6-4-5-7-17(14)22-13-16-8-9-18(15(2)12-16)24-21-20(26-21)19-10-11-23-25(19)3/h4-12,20-22,24H,13H2,1-3H3. The average Bonchev–Trinajstić information content (AvgIpc) is 3.26. The molecule has 2 heterocycles. The minimum Gasteiger partial charge on any atom is -0.381 e. The average molecular weight is 348 g/mol. The summed E-state index contributed by atoms with van der Waals surface area (Å²) in [5, 5.41) is 11.2. The lowest BCUT2D eigenvalue weighted by Gasteiger charge is -2.12. The monoisotopic (exact) mass is 348 g/mol. The second kappa shape index (κ2) is 6.84. The van der Waals surface area contributed by atoms with Gasteiger partial charge in [0.1, 0.15) is 6.10 Å². The van der Waals surface area contributed by atoms with Gasteiger partial charge in [0.15, 0.2) is 6.23 Å². The molecule has 3 aromatic rings. The summed E-state index contributed by atoms with van der Waals surface area (Å²) < 4.78 is 7.63.